The molecule has 1 aromatic heterocycles. The molecule has 1 heterocycles. The maximum absolute atomic E-state index is 5.76. The second kappa shape index (κ2) is 6.78. The molecule has 1 saturated carbocycles. The molecule has 2 aromatic rings. The van der Waals surface area contributed by atoms with Crippen molar-refractivity contribution in [3.63, 3.8) is 0 Å². The summed E-state index contributed by atoms with van der Waals surface area (Å²) in [5.74, 6) is 2.65. The molecule has 0 spiro atoms. The van der Waals surface area contributed by atoms with Gasteiger partial charge in [-0.3, -0.25) is 0 Å². The second-order valence-corrected chi connectivity index (χ2v) is 5.39. The van der Waals surface area contributed by atoms with Crippen LogP contribution in [0.1, 0.15) is 29.9 Å². The van der Waals surface area contributed by atoms with Crippen LogP contribution in [0.25, 0.3) is 0 Å². The molecule has 0 saturated heterocycles. The van der Waals surface area contributed by atoms with E-state index in [9.17, 15) is 0 Å². The number of rotatable bonds is 8. The summed E-state index contributed by atoms with van der Waals surface area (Å²) in [6.07, 6.45) is 2.57. The summed E-state index contributed by atoms with van der Waals surface area (Å²) in [5.41, 5.74) is 1.10. The smallest absolute Gasteiger partial charge is 0.146 e. The summed E-state index contributed by atoms with van der Waals surface area (Å²) in [4.78, 5) is 0. The number of nitrogens with one attached hydrogen (secondary N) is 1. The predicted octanol–water partition coefficient (Wildman–Crippen LogP) is 3.26. The third-order valence-corrected chi connectivity index (χ3v) is 3.45. The number of benzene rings is 1. The molecule has 21 heavy (non-hydrogen) atoms. The maximum atomic E-state index is 5.76. The molecule has 1 aliphatic carbocycles. The Morgan fingerprint density at radius 3 is 2.81 bits per heavy atom. The van der Waals surface area contributed by atoms with Gasteiger partial charge in [-0.2, -0.15) is 0 Å². The largest absolute Gasteiger partial charge is 0.486 e. The van der Waals surface area contributed by atoms with Crippen LogP contribution >= 0.6 is 0 Å². The van der Waals surface area contributed by atoms with Gasteiger partial charge in [0, 0.05) is 13.2 Å². The molecule has 0 radical (unpaired) electrons. The Labute approximate surface area is 125 Å². The molecule has 1 aliphatic rings. The summed E-state index contributed by atoms with van der Waals surface area (Å²) < 4.78 is 16.6. The molecule has 1 fully saturated rings. The Hall–Kier alpha value is -1.78. The van der Waals surface area contributed by atoms with E-state index in [2.05, 4.69) is 5.32 Å². The highest BCUT2D eigenvalue weighted by molar-refractivity contribution is 5.28. The average Bonchev–Trinajstić information content (AvgIpc) is 3.22. The molecule has 1 N–H and O–H groups in total. The van der Waals surface area contributed by atoms with Crippen molar-refractivity contribution in [1.29, 1.82) is 0 Å². The average molecular weight is 287 g/mol. The van der Waals surface area contributed by atoms with Crippen molar-refractivity contribution in [1.82, 2.24) is 5.32 Å². The Morgan fingerprint density at radius 1 is 1.14 bits per heavy atom. The van der Waals surface area contributed by atoms with Crippen molar-refractivity contribution in [3.8, 4) is 5.75 Å². The van der Waals surface area contributed by atoms with Gasteiger partial charge in [-0.15, -0.1) is 0 Å². The fourth-order valence-corrected chi connectivity index (χ4v) is 2.17. The van der Waals surface area contributed by atoms with Crippen LogP contribution in [-0.4, -0.2) is 13.2 Å². The van der Waals surface area contributed by atoms with E-state index in [1.807, 2.05) is 36.4 Å². The molecular weight excluding hydrogens is 266 g/mol. The van der Waals surface area contributed by atoms with E-state index >= 15 is 0 Å². The van der Waals surface area contributed by atoms with E-state index in [1.165, 1.54) is 12.8 Å². The fourth-order valence-electron chi connectivity index (χ4n) is 2.17. The molecule has 1 aromatic carbocycles. The number of hydrogen-bond acceptors (Lipinski definition) is 4. The summed E-state index contributed by atoms with van der Waals surface area (Å²) in [5, 5.41) is 3.43. The van der Waals surface area contributed by atoms with Gasteiger partial charge in [0.05, 0.1) is 13.2 Å². The van der Waals surface area contributed by atoms with E-state index in [0.717, 1.165) is 29.4 Å². The van der Waals surface area contributed by atoms with E-state index in [1.54, 1.807) is 7.11 Å². The van der Waals surface area contributed by atoms with Crippen LogP contribution < -0.4 is 10.1 Å². The van der Waals surface area contributed by atoms with Crippen molar-refractivity contribution >= 4 is 0 Å². The SMILES string of the molecule is COCc1cccc(OCc2ccc(CNC3CC3)o2)c1. The van der Waals surface area contributed by atoms with Crippen molar-refractivity contribution in [3.05, 3.63) is 53.5 Å². The van der Waals surface area contributed by atoms with Gasteiger partial charge in [0.25, 0.3) is 0 Å². The van der Waals surface area contributed by atoms with Gasteiger partial charge in [-0.05, 0) is 42.7 Å². The maximum Gasteiger partial charge on any atom is 0.146 e. The molecule has 0 unspecified atom stereocenters. The highest BCUT2D eigenvalue weighted by Gasteiger charge is 2.20. The summed E-state index contributed by atoms with van der Waals surface area (Å²) in [7, 11) is 1.69. The predicted molar refractivity (Wildman–Crippen MR) is 80.1 cm³/mol. The van der Waals surface area contributed by atoms with E-state index in [-0.39, 0.29) is 0 Å². The fraction of sp³-hybridized carbons (Fsp3) is 0.412. The number of ether oxygens (including phenoxy) is 2. The van der Waals surface area contributed by atoms with Crippen molar-refractivity contribution in [2.24, 2.45) is 0 Å². The molecule has 4 nitrogen and oxygen atoms in total. The van der Waals surface area contributed by atoms with Gasteiger partial charge in [0.15, 0.2) is 0 Å². The van der Waals surface area contributed by atoms with Crippen LogP contribution in [0.2, 0.25) is 0 Å². The van der Waals surface area contributed by atoms with E-state index in [4.69, 9.17) is 13.9 Å². The lowest BCUT2D eigenvalue weighted by molar-refractivity contribution is 0.184. The second-order valence-electron chi connectivity index (χ2n) is 5.39. The lowest BCUT2D eigenvalue weighted by Crippen LogP contribution is -2.14. The van der Waals surface area contributed by atoms with Crippen molar-refractivity contribution in [2.75, 3.05) is 7.11 Å². The van der Waals surface area contributed by atoms with Crippen LogP contribution in [0.3, 0.4) is 0 Å². The number of methoxy groups -OCH3 is 1. The minimum Gasteiger partial charge on any atom is -0.486 e. The van der Waals surface area contributed by atoms with Gasteiger partial charge < -0.3 is 19.2 Å². The minimum absolute atomic E-state index is 0.444. The van der Waals surface area contributed by atoms with Crippen LogP contribution in [0.5, 0.6) is 5.75 Å². The first-order valence-corrected chi connectivity index (χ1v) is 7.35. The highest BCUT2D eigenvalue weighted by atomic mass is 16.5. The number of hydrogen-bond donors (Lipinski definition) is 1. The van der Waals surface area contributed by atoms with Crippen LogP contribution in [0.4, 0.5) is 0 Å². The quantitative estimate of drug-likeness (QED) is 0.809. The van der Waals surface area contributed by atoms with Crippen LogP contribution in [0.15, 0.2) is 40.8 Å². The van der Waals surface area contributed by atoms with Crippen LogP contribution in [0, 0.1) is 0 Å². The highest BCUT2D eigenvalue weighted by Crippen LogP contribution is 2.20. The molecule has 0 aliphatic heterocycles. The zero-order chi connectivity index (χ0) is 14.5. The monoisotopic (exact) mass is 287 g/mol. The molecule has 0 bridgehead atoms. The first-order valence-electron chi connectivity index (χ1n) is 7.35. The Balaban J connectivity index is 1.50. The summed E-state index contributed by atoms with van der Waals surface area (Å²) in [6, 6.07) is 12.6. The third kappa shape index (κ3) is 4.34. The standard InChI is InChI=1S/C17H21NO3/c1-19-11-13-3-2-4-15(9-13)20-12-17-8-7-16(21-17)10-18-14-5-6-14/h2-4,7-9,14,18H,5-6,10-12H2,1H3. The van der Waals surface area contributed by atoms with E-state index < -0.39 is 0 Å². The minimum atomic E-state index is 0.444. The Bertz CT molecular complexity index is 575. The molecule has 4 heteroatoms. The normalized spacial score (nSPS) is 14.3. The van der Waals surface area contributed by atoms with Gasteiger partial charge >= 0.3 is 0 Å². The van der Waals surface area contributed by atoms with Crippen LogP contribution in [-0.2, 0) is 24.5 Å². The molecule has 3 rings (SSSR count). The third-order valence-electron chi connectivity index (χ3n) is 3.45. The Kier molecular flexibility index (Phi) is 4.58. The molecule has 0 atom stereocenters. The van der Waals surface area contributed by atoms with Gasteiger partial charge in [-0.1, -0.05) is 12.1 Å². The van der Waals surface area contributed by atoms with Gasteiger partial charge in [0.2, 0.25) is 0 Å². The van der Waals surface area contributed by atoms with E-state index in [0.29, 0.717) is 19.3 Å². The lowest BCUT2D eigenvalue weighted by Gasteiger charge is -2.06. The van der Waals surface area contributed by atoms with Crippen molar-refractivity contribution < 1.29 is 13.9 Å². The Morgan fingerprint density at radius 2 is 2.00 bits per heavy atom. The topological polar surface area (TPSA) is 43.6 Å². The van der Waals surface area contributed by atoms with Crippen molar-refractivity contribution in [2.45, 2.75) is 38.6 Å². The zero-order valence-electron chi connectivity index (χ0n) is 12.3. The zero-order valence-corrected chi connectivity index (χ0v) is 12.3. The lowest BCUT2D eigenvalue weighted by atomic mass is 10.2. The molecule has 0 amide bonds. The number of furan rings is 1. The molecular formula is C17H21NO3. The summed E-state index contributed by atoms with van der Waals surface area (Å²) in [6.45, 7) is 1.84. The first kappa shape index (κ1) is 14.2. The first-order chi connectivity index (χ1) is 10.3. The molecule has 112 valence electrons. The summed E-state index contributed by atoms with van der Waals surface area (Å²) >= 11 is 0. The van der Waals surface area contributed by atoms with Gasteiger partial charge in [-0.25, -0.2) is 0 Å². The van der Waals surface area contributed by atoms with Gasteiger partial charge in [0.1, 0.15) is 23.9 Å².